The van der Waals surface area contributed by atoms with E-state index in [2.05, 4.69) is 25.5 Å². The van der Waals surface area contributed by atoms with Crippen molar-refractivity contribution in [2.75, 3.05) is 31.1 Å². The molecule has 6 nitrogen and oxygen atoms in total. The maximum atomic E-state index is 12.9. The third kappa shape index (κ3) is 6.85. The molecule has 9 heteroatoms. The van der Waals surface area contributed by atoms with Gasteiger partial charge in [-0.05, 0) is 49.2 Å². The molecular formula is C22H28F3N5O. The highest BCUT2D eigenvalue weighted by molar-refractivity contribution is 5.79. The molecule has 2 aromatic rings. The number of pyridine rings is 1. The SMILES string of the molecule is CCNC(=NCc1cccc(C(F)(F)F)c1)NCc1ccnc(N2CCOC(C)C2)c1. The molecule has 1 aliphatic rings. The molecule has 0 spiro atoms. The van der Waals surface area contributed by atoms with Crippen molar-refractivity contribution >= 4 is 11.8 Å². The minimum absolute atomic E-state index is 0.145. The lowest BCUT2D eigenvalue weighted by Crippen LogP contribution is -2.41. The Kier molecular flexibility index (Phi) is 7.73. The number of aromatic nitrogens is 1. The molecule has 31 heavy (non-hydrogen) atoms. The Labute approximate surface area is 180 Å². The standard InChI is InChI=1S/C22H28F3N5O/c1-3-26-21(28-13-17-5-4-6-19(11-17)22(23,24)25)29-14-18-7-8-27-20(12-18)30-9-10-31-16(2)15-30/h4-8,11-12,16H,3,9-10,13-15H2,1-2H3,(H2,26,28,29). The fourth-order valence-electron chi connectivity index (χ4n) is 3.31. The molecule has 2 heterocycles. The third-order valence-corrected chi connectivity index (χ3v) is 4.85. The van der Waals surface area contributed by atoms with Gasteiger partial charge >= 0.3 is 6.18 Å². The molecule has 2 N–H and O–H groups in total. The quantitative estimate of drug-likeness (QED) is 0.537. The molecule has 0 amide bonds. The molecule has 168 valence electrons. The number of nitrogens with one attached hydrogen (secondary N) is 2. The molecule has 0 saturated carbocycles. The van der Waals surface area contributed by atoms with Crippen LogP contribution in [0.5, 0.6) is 0 Å². The summed E-state index contributed by atoms with van der Waals surface area (Å²) in [4.78, 5) is 11.1. The van der Waals surface area contributed by atoms with Crippen LogP contribution in [0.2, 0.25) is 0 Å². The number of guanidine groups is 1. The number of hydrogen-bond donors (Lipinski definition) is 2. The van der Waals surface area contributed by atoms with Gasteiger partial charge in [-0.3, -0.25) is 0 Å². The fourth-order valence-corrected chi connectivity index (χ4v) is 3.31. The van der Waals surface area contributed by atoms with Crippen LogP contribution >= 0.6 is 0 Å². The highest BCUT2D eigenvalue weighted by Gasteiger charge is 2.30. The number of hydrogen-bond acceptors (Lipinski definition) is 4. The zero-order valence-electron chi connectivity index (χ0n) is 17.7. The van der Waals surface area contributed by atoms with Crippen molar-refractivity contribution < 1.29 is 17.9 Å². The first-order valence-corrected chi connectivity index (χ1v) is 10.3. The van der Waals surface area contributed by atoms with Gasteiger partial charge in [-0.25, -0.2) is 9.98 Å². The fraction of sp³-hybridized carbons (Fsp3) is 0.455. The molecule has 3 rings (SSSR count). The molecule has 1 aliphatic heterocycles. The van der Waals surface area contributed by atoms with E-state index in [4.69, 9.17) is 4.74 Å². The number of rotatable bonds is 6. The van der Waals surface area contributed by atoms with Gasteiger partial charge in [0.1, 0.15) is 5.82 Å². The predicted octanol–water partition coefficient (Wildman–Crippen LogP) is 3.58. The normalized spacial score (nSPS) is 17.5. The van der Waals surface area contributed by atoms with Crippen molar-refractivity contribution in [3.05, 3.63) is 59.3 Å². The topological polar surface area (TPSA) is 61.8 Å². The van der Waals surface area contributed by atoms with Crippen LogP contribution in [0.3, 0.4) is 0 Å². The van der Waals surface area contributed by atoms with Gasteiger partial charge in [0.2, 0.25) is 0 Å². The van der Waals surface area contributed by atoms with Crippen LogP contribution in [0.1, 0.15) is 30.5 Å². The lowest BCUT2D eigenvalue weighted by Gasteiger charge is -2.32. The molecule has 0 bridgehead atoms. The largest absolute Gasteiger partial charge is 0.416 e. The summed E-state index contributed by atoms with van der Waals surface area (Å²) in [7, 11) is 0. The molecule has 1 atom stereocenters. The Morgan fingerprint density at radius 2 is 2.06 bits per heavy atom. The zero-order valence-corrected chi connectivity index (χ0v) is 17.7. The van der Waals surface area contributed by atoms with E-state index in [1.54, 1.807) is 12.3 Å². The molecule has 1 unspecified atom stereocenters. The summed E-state index contributed by atoms with van der Waals surface area (Å²) in [6, 6.07) is 9.19. The van der Waals surface area contributed by atoms with Gasteiger partial charge in [-0.15, -0.1) is 0 Å². The Hall–Kier alpha value is -2.81. The second kappa shape index (κ2) is 10.5. The van der Waals surface area contributed by atoms with Crippen LogP contribution in [0.15, 0.2) is 47.6 Å². The average Bonchev–Trinajstić information content (AvgIpc) is 2.75. The van der Waals surface area contributed by atoms with Gasteiger partial charge in [0.05, 0.1) is 24.8 Å². The van der Waals surface area contributed by atoms with Crippen molar-refractivity contribution in [1.29, 1.82) is 0 Å². The Morgan fingerprint density at radius 3 is 2.81 bits per heavy atom. The van der Waals surface area contributed by atoms with Gasteiger partial charge in [-0.2, -0.15) is 13.2 Å². The number of alkyl halides is 3. The van der Waals surface area contributed by atoms with Crippen LogP contribution in [0.25, 0.3) is 0 Å². The van der Waals surface area contributed by atoms with Crippen LogP contribution in [-0.4, -0.2) is 43.3 Å². The number of nitrogens with zero attached hydrogens (tertiary/aromatic N) is 3. The summed E-state index contributed by atoms with van der Waals surface area (Å²) >= 11 is 0. The maximum Gasteiger partial charge on any atom is 0.416 e. The summed E-state index contributed by atoms with van der Waals surface area (Å²) in [6.07, 6.45) is -2.42. The molecule has 0 radical (unpaired) electrons. The minimum atomic E-state index is -4.36. The molecule has 1 saturated heterocycles. The van der Waals surface area contributed by atoms with Crippen molar-refractivity contribution in [3.8, 4) is 0 Å². The van der Waals surface area contributed by atoms with Crippen molar-refractivity contribution in [3.63, 3.8) is 0 Å². The summed E-state index contributed by atoms with van der Waals surface area (Å²) in [5.41, 5.74) is 0.869. The van der Waals surface area contributed by atoms with E-state index in [1.165, 1.54) is 6.07 Å². The van der Waals surface area contributed by atoms with Crippen LogP contribution < -0.4 is 15.5 Å². The number of ether oxygens (including phenoxy) is 1. The van der Waals surface area contributed by atoms with Crippen LogP contribution in [0, 0.1) is 0 Å². The first-order valence-electron chi connectivity index (χ1n) is 10.3. The Bertz CT molecular complexity index is 887. The molecule has 1 fully saturated rings. The highest BCUT2D eigenvalue weighted by Crippen LogP contribution is 2.29. The number of morpholine rings is 1. The van der Waals surface area contributed by atoms with E-state index >= 15 is 0 Å². The first-order chi connectivity index (χ1) is 14.8. The first kappa shape index (κ1) is 22.9. The molecular weight excluding hydrogens is 407 g/mol. The Morgan fingerprint density at radius 1 is 1.23 bits per heavy atom. The second-order valence-corrected chi connectivity index (χ2v) is 7.40. The van der Waals surface area contributed by atoms with E-state index in [-0.39, 0.29) is 12.6 Å². The van der Waals surface area contributed by atoms with Gasteiger partial charge in [0.25, 0.3) is 0 Å². The third-order valence-electron chi connectivity index (χ3n) is 4.85. The molecule has 0 aliphatic carbocycles. The smallest absolute Gasteiger partial charge is 0.375 e. The van der Waals surface area contributed by atoms with Crippen LogP contribution in [0.4, 0.5) is 19.0 Å². The zero-order chi connectivity index (χ0) is 22.3. The minimum Gasteiger partial charge on any atom is -0.375 e. The number of anilines is 1. The van der Waals surface area contributed by atoms with E-state index in [0.29, 0.717) is 31.2 Å². The lowest BCUT2D eigenvalue weighted by molar-refractivity contribution is -0.137. The van der Waals surface area contributed by atoms with Gasteiger partial charge in [0.15, 0.2) is 5.96 Å². The highest BCUT2D eigenvalue weighted by atomic mass is 19.4. The maximum absolute atomic E-state index is 12.9. The molecule has 1 aromatic carbocycles. The van der Waals surface area contributed by atoms with Gasteiger partial charge in [-0.1, -0.05) is 12.1 Å². The molecule has 1 aromatic heterocycles. The van der Waals surface area contributed by atoms with E-state index in [1.807, 2.05) is 26.0 Å². The van der Waals surface area contributed by atoms with Crippen LogP contribution in [-0.2, 0) is 24.0 Å². The summed E-state index contributed by atoms with van der Waals surface area (Å²) in [5, 5.41) is 6.36. The number of benzene rings is 1. The predicted molar refractivity (Wildman–Crippen MR) is 115 cm³/mol. The van der Waals surface area contributed by atoms with E-state index in [0.717, 1.165) is 36.6 Å². The lowest BCUT2D eigenvalue weighted by atomic mass is 10.1. The number of aliphatic imine (C=N–C) groups is 1. The van der Waals surface area contributed by atoms with E-state index in [9.17, 15) is 13.2 Å². The monoisotopic (exact) mass is 435 g/mol. The van der Waals surface area contributed by atoms with Gasteiger partial charge in [0, 0.05) is 32.4 Å². The summed E-state index contributed by atoms with van der Waals surface area (Å²) in [5.74, 6) is 1.44. The van der Waals surface area contributed by atoms with Gasteiger partial charge < -0.3 is 20.3 Å². The second-order valence-electron chi connectivity index (χ2n) is 7.40. The van der Waals surface area contributed by atoms with Crippen molar-refractivity contribution in [2.24, 2.45) is 4.99 Å². The number of halogens is 3. The van der Waals surface area contributed by atoms with Crippen molar-refractivity contribution in [1.82, 2.24) is 15.6 Å². The summed E-state index contributed by atoms with van der Waals surface area (Å²) < 4.78 is 44.3. The van der Waals surface area contributed by atoms with E-state index < -0.39 is 11.7 Å². The summed E-state index contributed by atoms with van der Waals surface area (Å²) in [6.45, 7) is 7.56. The average molecular weight is 435 g/mol. The Balaban J connectivity index is 1.63. The van der Waals surface area contributed by atoms with Crippen molar-refractivity contribution in [2.45, 2.75) is 39.2 Å².